The highest BCUT2D eigenvalue weighted by Gasteiger charge is 2.26. The van der Waals surface area contributed by atoms with Gasteiger partial charge in [0.1, 0.15) is 12.1 Å². The van der Waals surface area contributed by atoms with Crippen LogP contribution in [0.1, 0.15) is 19.8 Å². The molecular weight excluding hydrogens is 116 g/mol. The summed E-state index contributed by atoms with van der Waals surface area (Å²) in [5.74, 6) is 0. The lowest BCUT2D eigenvalue weighted by Gasteiger charge is -2.03. The third-order valence-electron chi connectivity index (χ3n) is 0.963. The lowest BCUT2D eigenvalue weighted by atomic mass is 10.0. The molecule has 0 bridgehead atoms. The Hall–Kier alpha value is -1.06. The highest BCUT2D eigenvalue weighted by molar-refractivity contribution is 5.14. The fraction of sp³-hybridized carbons (Fsp3) is 0.667. The molecule has 9 heavy (non-hydrogen) atoms. The van der Waals surface area contributed by atoms with Crippen molar-refractivity contribution in [1.29, 1.82) is 10.5 Å². The zero-order valence-electron chi connectivity index (χ0n) is 5.22. The van der Waals surface area contributed by atoms with Gasteiger partial charge in [0.25, 0.3) is 5.60 Å². The first-order valence-electron chi connectivity index (χ1n) is 2.71. The molecule has 47 valence electrons. The second kappa shape index (κ2) is 3.06. The molecule has 0 saturated carbocycles. The van der Waals surface area contributed by atoms with Crippen molar-refractivity contribution in [1.82, 2.24) is 0 Å². The monoisotopic (exact) mass is 123 g/mol. The van der Waals surface area contributed by atoms with Crippen LogP contribution < -0.4 is 0 Å². The molecule has 0 aliphatic carbocycles. The van der Waals surface area contributed by atoms with E-state index in [2.05, 4.69) is 0 Å². The maximum absolute atomic E-state index is 10.7. The molecular formula is C6H7N2O. The van der Waals surface area contributed by atoms with E-state index in [1.54, 1.807) is 6.92 Å². The van der Waals surface area contributed by atoms with Gasteiger partial charge < -0.3 is 0 Å². The predicted molar refractivity (Wildman–Crippen MR) is 29.6 cm³/mol. The molecule has 0 aromatic carbocycles. The summed E-state index contributed by atoms with van der Waals surface area (Å²) in [4.78, 5) is 0. The van der Waals surface area contributed by atoms with Gasteiger partial charge in [-0.1, -0.05) is 13.3 Å². The van der Waals surface area contributed by atoms with E-state index in [9.17, 15) is 5.11 Å². The van der Waals surface area contributed by atoms with Gasteiger partial charge in [0.15, 0.2) is 0 Å². The Morgan fingerprint density at radius 1 is 1.44 bits per heavy atom. The van der Waals surface area contributed by atoms with Crippen LogP contribution in [0.25, 0.3) is 0 Å². The standard InChI is InChI=1S/C6H7N2O/c1-2-3-6(9,4-7)5-8/h2-3H2,1H3. The van der Waals surface area contributed by atoms with Crippen LogP contribution in [0.3, 0.4) is 0 Å². The fourth-order valence-corrected chi connectivity index (χ4v) is 0.489. The van der Waals surface area contributed by atoms with Crippen molar-refractivity contribution in [2.24, 2.45) is 0 Å². The summed E-state index contributed by atoms with van der Waals surface area (Å²) in [5, 5.41) is 27.0. The van der Waals surface area contributed by atoms with Gasteiger partial charge in [-0.05, 0) is 0 Å². The predicted octanol–water partition coefficient (Wildman–Crippen LogP) is 1.00. The zero-order chi connectivity index (χ0) is 7.33. The van der Waals surface area contributed by atoms with Crippen molar-refractivity contribution in [3.05, 3.63) is 0 Å². The molecule has 0 aliphatic rings. The van der Waals surface area contributed by atoms with Crippen LogP contribution in [-0.2, 0) is 5.11 Å². The number of nitriles is 2. The minimum atomic E-state index is -2.01. The van der Waals surface area contributed by atoms with Crippen molar-refractivity contribution in [2.75, 3.05) is 0 Å². The molecule has 0 N–H and O–H groups in total. The van der Waals surface area contributed by atoms with Crippen molar-refractivity contribution in [3.63, 3.8) is 0 Å². The van der Waals surface area contributed by atoms with E-state index in [1.807, 2.05) is 0 Å². The highest BCUT2D eigenvalue weighted by atomic mass is 16.3. The molecule has 1 radical (unpaired) electrons. The molecule has 0 aromatic heterocycles. The Morgan fingerprint density at radius 3 is 2.00 bits per heavy atom. The van der Waals surface area contributed by atoms with Gasteiger partial charge >= 0.3 is 0 Å². The zero-order valence-corrected chi connectivity index (χ0v) is 5.22. The second-order valence-electron chi connectivity index (χ2n) is 1.80. The van der Waals surface area contributed by atoms with E-state index in [0.717, 1.165) is 0 Å². The van der Waals surface area contributed by atoms with Gasteiger partial charge in [-0.15, -0.1) is 0 Å². The molecule has 3 heteroatoms. The second-order valence-corrected chi connectivity index (χ2v) is 1.80. The third-order valence-corrected chi connectivity index (χ3v) is 0.963. The average molecular weight is 123 g/mol. The summed E-state index contributed by atoms with van der Waals surface area (Å²) >= 11 is 0. The van der Waals surface area contributed by atoms with Crippen LogP contribution in [-0.4, -0.2) is 5.60 Å². The summed E-state index contributed by atoms with van der Waals surface area (Å²) in [6.07, 6.45) is 0.685. The van der Waals surface area contributed by atoms with E-state index in [4.69, 9.17) is 10.5 Å². The van der Waals surface area contributed by atoms with Crippen LogP contribution >= 0.6 is 0 Å². The molecule has 0 atom stereocenters. The summed E-state index contributed by atoms with van der Waals surface area (Å²) in [6, 6.07) is 2.82. The Bertz CT molecular complexity index is 149. The van der Waals surface area contributed by atoms with Gasteiger partial charge in [-0.2, -0.15) is 15.6 Å². The maximum atomic E-state index is 10.7. The normalized spacial score (nSPS) is 9.78. The third kappa shape index (κ3) is 2.12. The molecule has 0 saturated heterocycles. The smallest absolute Gasteiger partial charge is 0.196 e. The lowest BCUT2D eigenvalue weighted by molar-refractivity contribution is 0.0636. The van der Waals surface area contributed by atoms with Crippen LogP contribution in [0, 0.1) is 22.7 Å². The van der Waals surface area contributed by atoms with Crippen LogP contribution in [0.4, 0.5) is 0 Å². The summed E-state index contributed by atoms with van der Waals surface area (Å²) in [5.41, 5.74) is -2.01. The molecule has 0 fully saturated rings. The van der Waals surface area contributed by atoms with Gasteiger partial charge in [0, 0.05) is 6.42 Å². The van der Waals surface area contributed by atoms with Crippen molar-refractivity contribution in [2.45, 2.75) is 25.4 Å². The Labute approximate surface area is 54.1 Å². The molecule has 0 rings (SSSR count). The van der Waals surface area contributed by atoms with Crippen molar-refractivity contribution >= 4 is 0 Å². The number of rotatable bonds is 2. The number of hydrogen-bond donors (Lipinski definition) is 0. The molecule has 0 spiro atoms. The molecule has 0 unspecified atom stereocenters. The van der Waals surface area contributed by atoms with Gasteiger partial charge in [0.2, 0.25) is 0 Å². The first-order valence-corrected chi connectivity index (χ1v) is 2.71. The SMILES string of the molecule is CCCC([O])(C#N)C#N. The van der Waals surface area contributed by atoms with Gasteiger partial charge in [-0.25, -0.2) is 0 Å². The topological polar surface area (TPSA) is 67.5 Å². The summed E-state index contributed by atoms with van der Waals surface area (Å²) in [7, 11) is 0. The average Bonchev–Trinajstić information content (AvgIpc) is 1.89. The van der Waals surface area contributed by atoms with E-state index in [-0.39, 0.29) is 6.42 Å². The van der Waals surface area contributed by atoms with E-state index in [1.165, 1.54) is 12.1 Å². The highest BCUT2D eigenvalue weighted by Crippen LogP contribution is 2.09. The molecule has 3 nitrogen and oxygen atoms in total. The minimum Gasteiger partial charge on any atom is -0.196 e. The van der Waals surface area contributed by atoms with E-state index >= 15 is 0 Å². The number of hydrogen-bond acceptors (Lipinski definition) is 2. The largest absolute Gasteiger partial charge is 0.273 e. The lowest BCUT2D eigenvalue weighted by Crippen LogP contribution is -2.20. The Kier molecular flexibility index (Phi) is 2.70. The number of nitrogens with zero attached hydrogens (tertiary/aromatic N) is 2. The quantitative estimate of drug-likeness (QED) is 0.549. The first-order chi connectivity index (χ1) is 4.18. The van der Waals surface area contributed by atoms with Crippen LogP contribution in [0.15, 0.2) is 0 Å². The first kappa shape index (κ1) is 7.94. The molecule has 0 aliphatic heterocycles. The minimum absolute atomic E-state index is 0.111. The molecule has 0 amide bonds. The van der Waals surface area contributed by atoms with Gasteiger partial charge in [-0.3, -0.25) is 0 Å². The summed E-state index contributed by atoms with van der Waals surface area (Å²) < 4.78 is 0. The molecule has 0 heterocycles. The molecule has 0 aromatic rings. The van der Waals surface area contributed by atoms with E-state index < -0.39 is 5.60 Å². The Balaban J connectivity index is 4.02. The van der Waals surface area contributed by atoms with Crippen LogP contribution in [0.2, 0.25) is 0 Å². The van der Waals surface area contributed by atoms with Crippen LogP contribution in [0.5, 0.6) is 0 Å². The van der Waals surface area contributed by atoms with Gasteiger partial charge in [0.05, 0.1) is 0 Å². The fourth-order valence-electron chi connectivity index (χ4n) is 0.489. The van der Waals surface area contributed by atoms with Crippen molar-refractivity contribution < 1.29 is 5.11 Å². The summed E-state index contributed by atoms with van der Waals surface area (Å²) in [6.45, 7) is 1.77. The maximum Gasteiger partial charge on any atom is 0.273 e. The van der Waals surface area contributed by atoms with E-state index in [0.29, 0.717) is 6.42 Å². The Morgan fingerprint density at radius 2 is 1.89 bits per heavy atom. The van der Waals surface area contributed by atoms with Crippen molar-refractivity contribution in [3.8, 4) is 12.1 Å².